The minimum atomic E-state index is -6.07. The minimum Gasteiger partial charge on any atom is -0.370 e. The first-order valence-electron chi connectivity index (χ1n) is 14.1. The van der Waals surface area contributed by atoms with Crippen molar-refractivity contribution in [2.24, 2.45) is 0 Å². The Bertz CT molecular complexity index is 2870. The zero-order valence-electron chi connectivity index (χ0n) is 27.5. The first-order chi connectivity index (χ1) is 25.9. The summed E-state index contributed by atoms with van der Waals surface area (Å²) in [7, 11) is -35.0. The van der Waals surface area contributed by atoms with Crippen LogP contribution in [-0.4, -0.2) is 50.5 Å². The van der Waals surface area contributed by atoms with Crippen LogP contribution in [0.25, 0.3) is 0 Å². The summed E-state index contributed by atoms with van der Waals surface area (Å²) >= 11 is 24.3. The van der Waals surface area contributed by atoms with Gasteiger partial charge >= 0.3 is 57.4 Å². The van der Waals surface area contributed by atoms with E-state index in [9.17, 15) is 50.5 Å². The minimum absolute atomic E-state index is 0.0814. The molecule has 0 aromatic heterocycles. The summed E-state index contributed by atoms with van der Waals surface area (Å²) in [6, 6.07) is 13.4. The highest BCUT2D eigenvalue weighted by atomic mass is 79.9. The van der Waals surface area contributed by atoms with Gasteiger partial charge in [-0.15, -0.1) is 0 Å². The summed E-state index contributed by atoms with van der Waals surface area (Å²) in [5.74, 6) is -2.24. The summed E-state index contributed by atoms with van der Waals surface area (Å²) in [4.78, 5) is 0. The second kappa shape index (κ2) is 17.3. The van der Waals surface area contributed by atoms with Gasteiger partial charge < -0.3 is 16.7 Å². The Labute approximate surface area is 369 Å². The van der Waals surface area contributed by atoms with Crippen molar-refractivity contribution in [1.82, 2.24) is 0 Å². The fraction of sp³-hybridized carbons (Fsp3) is 0.111. The van der Waals surface area contributed by atoms with Crippen molar-refractivity contribution in [1.29, 1.82) is 0 Å². The van der Waals surface area contributed by atoms with E-state index in [1.807, 2.05) is 0 Å². The van der Waals surface area contributed by atoms with Gasteiger partial charge in [-0.05, 0) is 136 Å². The Morgan fingerprint density at radius 3 is 1.12 bits per heavy atom. The number of hydrogen-bond acceptors (Lipinski definition) is 18. The Hall–Kier alpha value is -1.80. The van der Waals surface area contributed by atoms with Gasteiger partial charge in [0, 0.05) is 24.4 Å². The lowest BCUT2D eigenvalue weighted by molar-refractivity contribution is 0.386. The molecule has 0 heterocycles. The Morgan fingerprint density at radius 2 is 0.754 bits per heavy atom. The fourth-order valence-corrected chi connectivity index (χ4v) is 15.2. The molecule has 312 valence electrons. The second-order valence-electron chi connectivity index (χ2n) is 10.9. The topological polar surface area (TPSA) is 260 Å². The molecular weight excluding hydrogens is 1200 g/mol. The molecule has 0 N–H and O–H groups in total. The van der Waals surface area contributed by atoms with Gasteiger partial charge in [0.05, 0.1) is 8.95 Å². The van der Waals surface area contributed by atoms with E-state index >= 15 is 0 Å². The molecule has 0 bridgehead atoms. The third kappa shape index (κ3) is 11.3. The molecule has 0 aliphatic heterocycles. The fourth-order valence-electron chi connectivity index (χ4n) is 4.12. The van der Waals surface area contributed by atoms with E-state index in [-0.39, 0.29) is 27.9 Å². The third-order valence-electron chi connectivity index (χ3n) is 6.66. The van der Waals surface area contributed by atoms with Gasteiger partial charge in [0.1, 0.15) is 17.2 Å². The normalized spacial score (nSPS) is 13.2. The van der Waals surface area contributed by atoms with E-state index in [0.717, 1.165) is 36.4 Å². The van der Waals surface area contributed by atoms with Crippen LogP contribution in [0.5, 0.6) is 23.0 Å². The largest absolute Gasteiger partial charge is 0.464 e. The van der Waals surface area contributed by atoms with Crippen molar-refractivity contribution in [2.45, 2.75) is 19.3 Å². The van der Waals surface area contributed by atoms with Gasteiger partial charge in [-0.3, -0.25) is 0 Å². The Balaban J connectivity index is 1.55. The average molecular weight is 1210 g/mol. The van der Waals surface area contributed by atoms with Crippen LogP contribution in [0.3, 0.4) is 0 Å². The van der Waals surface area contributed by atoms with Crippen molar-refractivity contribution in [2.75, 3.05) is 0 Å². The molecule has 30 heteroatoms. The number of benzene rings is 4. The molecule has 0 aliphatic carbocycles. The van der Waals surface area contributed by atoms with Gasteiger partial charge in [0.25, 0.3) is 0 Å². The van der Waals surface area contributed by atoms with Crippen LogP contribution in [0.2, 0.25) is 10.0 Å². The van der Waals surface area contributed by atoms with Gasteiger partial charge in [-0.2, -0.15) is 50.5 Å². The molecule has 0 aliphatic rings. The average Bonchev–Trinajstić information content (AvgIpc) is 3.06. The molecule has 0 radical (unpaired) electrons. The van der Waals surface area contributed by atoms with Gasteiger partial charge in [0.15, 0.2) is 5.75 Å². The maximum absolute atomic E-state index is 12.8. The molecule has 57 heavy (non-hydrogen) atoms. The molecule has 4 aromatic carbocycles. The van der Waals surface area contributed by atoms with Crippen LogP contribution < -0.4 is 16.7 Å². The smallest absolute Gasteiger partial charge is 0.370 e. The third-order valence-corrected chi connectivity index (χ3v) is 21.0. The van der Waals surface area contributed by atoms with Crippen LogP contribution in [0.1, 0.15) is 25.0 Å². The Kier molecular flexibility index (Phi) is 14.5. The van der Waals surface area contributed by atoms with Crippen molar-refractivity contribution in [3.05, 3.63) is 112 Å². The predicted octanol–water partition coefficient (Wildman–Crippen LogP) is 6.96. The predicted molar refractivity (Wildman–Crippen MR) is 217 cm³/mol. The van der Waals surface area contributed by atoms with Crippen molar-refractivity contribution < 1.29 is 74.5 Å². The highest BCUT2D eigenvalue weighted by Gasteiger charge is 2.42. The molecule has 0 saturated heterocycles. The van der Waals surface area contributed by atoms with E-state index in [1.165, 1.54) is 36.4 Å². The number of halogens is 6. The van der Waals surface area contributed by atoms with Crippen LogP contribution in [0.4, 0.5) is 0 Å². The van der Waals surface area contributed by atoms with Gasteiger partial charge in [-0.25, -0.2) is 0 Å². The standard InChI is InChI=1S/C27H18Br4Cl2O18S6/c1-27(2,15-3-9-18(10-4-15)46-52(34,35)50-56(42,43)54(38,39)47-19-11-5-16(32)6-12-19)21-22(28)24(30)26(25(31)23(21)29)49-53(36,37)51-57(44,45)55(40,41)48-20-13-7-17(33)8-14-20/h3-14H,1-2H3. The molecule has 0 amide bonds. The lowest BCUT2D eigenvalue weighted by Gasteiger charge is -2.30. The van der Waals surface area contributed by atoms with E-state index < -0.39 is 85.8 Å². The molecule has 0 fully saturated rings. The molecule has 4 rings (SSSR count). The summed E-state index contributed by atoms with van der Waals surface area (Å²) in [5, 5.41) is 0.309. The van der Waals surface area contributed by atoms with Crippen LogP contribution >= 0.6 is 86.9 Å². The maximum Gasteiger partial charge on any atom is 0.464 e. The summed E-state index contributed by atoms with van der Waals surface area (Å²) in [6.07, 6.45) is 0. The number of rotatable bonds is 16. The molecular formula is C27H18Br4Cl2O18S6. The van der Waals surface area contributed by atoms with Crippen LogP contribution in [0, 0.1) is 0 Å². The quantitative estimate of drug-likeness (QED) is 0.0811. The first-order valence-corrected chi connectivity index (χ1v) is 27.3. The van der Waals surface area contributed by atoms with Crippen LogP contribution in [0.15, 0.2) is 90.7 Å². The number of hydrogen-bond donors (Lipinski definition) is 0. The van der Waals surface area contributed by atoms with Gasteiger partial charge in [0.2, 0.25) is 0 Å². The Morgan fingerprint density at radius 1 is 0.439 bits per heavy atom. The highest BCUT2D eigenvalue weighted by Crippen LogP contribution is 2.52. The lowest BCUT2D eigenvalue weighted by atomic mass is 9.78. The highest BCUT2D eigenvalue weighted by molar-refractivity contribution is 9.14. The van der Waals surface area contributed by atoms with E-state index in [2.05, 4.69) is 83.5 Å². The summed E-state index contributed by atoms with van der Waals surface area (Å²) < 4.78 is 175. The zero-order valence-corrected chi connectivity index (χ0v) is 40.2. The van der Waals surface area contributed by atoms with Crippen molar-refractivity contribution in [3.8, 4) is 23.0 Å². The zero-order chi connectivity index (χ0) is 43.2. The molecule has 0 unspecified atom stereocenters. The van der Waals surface area contributed by atoms with Crippen molar-refractivity contribution in [3.63, 3.8) is 0 Å². The van der Waals surface area contributed by atoms with Crippen molar-refractivity contribution >= 4 is 144 Å². The summed E-state index contributed by atoms with van der Waals surface area (Å²) in [6.45, 7) is 3.28. The molecule has 0 spiro atoms. The second-order valence-corrected chi connectivity index (χ2v) is 26.5. The molecule has 0 atom stereocenters. The molecule has 18 nitrogen and oxygen atoms in total. The first kappa shape index (κ1) is 47.9. The van der Waals surface area contributed by atoms with Gasteiger partial charge in [-0.1, -0.05) is 56.4 Å². The SMILES string of the molecule is CC(C)(c1ccc(OS(=O)(=O)OS(=O)(=O)S(=O)(=O)Oc2ccc(Cl)cc2)cc1)c1c(Br)c(Br)c(OS(=O)(=O)OS(=O)(=O)S(=O)(=O)Oc2ccc(Cl)cc2)c(Br)c1Br. The maximum atomic E-state index is 12.8. The molecule has 4 aromatic rings. The van der Waals surface area contributed by atoms with E-state index in [4.69, 9.17) is 27.4 Å². The molecule has 0 saturated carbocycles. The summed E-state index contributed by atoms with van der Waals surface area (Å²) in [5.41, 5.74) is -0.404. The lowest BCUT2D eigenvalue weighted by Crippen LogP contribution is -2.28. The van der Waals surface area contributed by atoms with E-state index in [0.29, 0.717) is 11.1 Å². The monoisotopic (exact) mass is 1210 g/mol. The van der Waals surface area contributed by atoms with Crippen LogP contribution in [-0.2, 0) is 70.1 Å². The van der Waals surface area contributed by atoms with E-state index in [1.54, 1.807) is 13.8 Å².